The van der Waals surface area contributed by atoms with Crippen molar-refractivity contribution in [3.05, 3.63) is 17.5 Å². The van der Waals surface area contributed by atoms with Gasteiger partial charge in [0.2, 0.25) is 5.91 Å². The van der Waals surface area contributed by atoms with E-state index in [0.717, 1.165) is 44.8 Å². The second kappa shape index (κ2) is 5.75. The Bertz CT molecular complexity index is 638. The molecule has 0 bridgehead atoms. The molecule has 3 heterocycles. The number of alkyl halides is 3. The van der Waals surface area contributed by atoms with E-state index in [1.54, 1.807) is 4.90 Å². The summed E-state index contributed by atoms with van der Waals surface area (Å²) in [5, 5.41) is 3.68. The monoisotopic (exact) mass is 342 g/mol. The van der Waals surface area contributed by atoms with E-state index in [1.165, 1.54) is 4.68 Å². The molecule has 0 radical (unpaired) electrons. The predicted octanol–water partition coefficient (Wildman–Crippen LogP) is 2.09. The lowest BCUT2D eigenvalue weighted by molar-refractivity contribution is -0.142. The first-order valence-corrected chi connectivity index (χ1v) is 8.58. The molecule has 1 saturated carbocycles. The molecule has 1 amide bonds. The predicted molar refractivity (Wildman–Crippen MR) is 80.4 cm³/mol. The highest BCUT2D eigenvalue weighted by Crippen LogP contribution is 2.42. The molecule has 2 aliphatic heterocycles. The summed E-state index contributed by atoms with van der Waals surface area (Å²) in [5.74, 6) is -0.00615. The van der Waals surface area contributed by atoms with Crippen molar-refractivity contribution in [3.8, 4) is 0 Å². The van der Waals surface area contributed by atoms with Crippen molar-refractivity contribution in [1.82, 2.24) is 19.6 Å². The van der Waals surface area contributed by atoms with E-state index in [1.807, 2.05) is 0 Å². The number of halogens is 3. The summed E-state index contributed by atoms with van der Waals surface area (Å²) < 4.78 is 40.1. The smallest absolute Gasteiger partial charge is 0.338 e. The lowest BCUT2D eigenvalue weighted by Crippen LogP contribution is -2.52. The molecule has 0 N–H and O–H groups in total. The minimum absolute atomic E-state index is 0.0887. The van der Waals surface area contributed by atoms with Crippen molar-refractivity contribution in [3.63, 3.8) is 0 Å². The number of carbonyl (C=O) groups excluding carboxylic acids is 1. The van der Waals surface area contributed by atoms with Gasteiger partial charge in [0.1, 0.15) is 6.54 Å². The highest BCUT2D eigenvalue weighted by molar-refractivity contribution is 5.76. The van der Waals surface area contributed by atoms with Crippen LogP contribution in [0.15, 0.2) is 6.07 Å². The lowest BCUT2D eigenvalue weighted by atomic mass is 10.1. The second-order valence-corrected chi connectivity index (χ2v) is 7.06. The third kappa shape index (κ3) is 3.03. The molecule has 4 rings (SSSR count). The van der Waals surface area contributed by atoms with Gasteiger partial charge in [-0.25, -0.2) is 0 Å². The van der Waals surface area contributed by atoms with E-state index in [2.05, 4.69) is 10.00 Å². The third-order valence-corrected chi connectivity index (χ3v) is 5.32. The van der Waals surface area contributed by atoms with E-state index >= 15 is 0 Å². The van der Waals surface area contributed by atoms with Crippen molar-refractivity contribution >= 4 is 5.91 Å². The van der Waals surface area contributed by atoms with E-state index < -0.39 is 11.9 Å². The van der Waals surface area contributed by atoms with Gasteiger partial charge in [0.15, 0.2) is 5.69 Å². The molecule has 1 aliphatic carbocycles. The number of aromatic nitrogens is 2. The minimum Gasteiger partial charge on any atom is -0.338 e. The van der Waals surface area contributed by atoms with Gasteiger partial charge in [0, 0.05) is 37.3 Å². The van der Waals surface area contributed by atoms with Crippen molar-refractivity contribution in [2.45, 2.75) is 50.4 Å². The van der Waals surface area contributed by atoms with Gasteiger partial charge in [0.25, 0.3) is 0 Å². The second-order valence-electron chi connectivity index (χ2n) is 7.06. The van der Waals surface area contributed by atoms with Crippen LogP contribution in [0.3, 0.4) is 0 Å². The first-order chi connectivity index (χ1) is 11.4. The van der Waals surface area contributed by atoms with Gasteiger partial charge < -0.3 is 4.90 Å². The SMILES string of the molecule is O=C(Cn1nc(C(F)(F)F)cc1C1CC1)N1CCN2CCCC2C1. The molecule has 24 heavy (non-hydrogen) atoms. The van der Waals surface area contributed by atoms with Crippen molar-refractivity contribution in [2.75, 3.05) is 26.2 Å². The molecule has 0 spiro atoms. The molecule has 1 aromatic heterocycles. The highest BCUT2D eigenvalue weighted by Gasteiger charge is 2.39. The highest BCUT2D eigenvalue weighted by atomic mass is 19.4. The standard InChI is InChI=1S/C16H21F3N4O/c17-16(18,19)14-8-13(11-3-4-11)23(20-14)10-15(24)22-7-6-21-5-1-2-12(21)9-22/h8,11-12H,1-7,9-10H2. The van der Waals surface area contributed by atoms with Crippen LogP contribution in [0.2, 0.25) is 0 Å². The molecule has 1 unspecified atom stereocenters. The molecule has 1 atom stereocenters. The normalized spacial score (nSPS) is 25.1. The molecule has 3 fully saturated rings. The molecule has 3 aliphatic rings. The fourth-order valence-corrected chi connectivity index (χ4v) is 3.85. The van der Waals surface area contributed by atoms with Crippen LogP contribution in [0.5, 0.6) is 0 Å². The summed E-state index contributed by atoms with van der Waals surface area (Å²) in [6.45, 7) is 3.20. The van der Waals surface area contributed by atoms with E-state index in [4.69, 9.17) is 0 Å². The van der Waals surface area contributed by atoms with Gasteiger partial charge in [-0.05, 0) is 38.3 Å². The van der Waals surface area contributed by atoms with Gasteiger partial charge >= 0.3 is 6.18 Å². The number of piperazine rings is 1. The fraction of sp³-hybridized carbons (Fsp3) is 0.750. The molecule has 5 nitrogen and oxygen atoms in total. The van der Waals surface area contributed by atoms with Crippen molar-refractivity contribution < 1.29 is 18.0 Å². The summed E-state index contributed by atoms with van der Waals surface area (Å²) in [6.07, 6.45) is -0.465. The largest absolute Gasteiger partial charge is 0.435 e. The zero-order chi connectivity index (χ0) is 16.9. The first-order valence-electron chi connectivity index (χ1n) is 8.58. The Morgan fingerprint density at radius 1 is 1.21 bits per heavy atom. The summed E-state index contributed by atoms with van der Waals surface area (Å²) >= 11 is 0. The Kier molecular flexibility index (Phi) is 3.82. The summed E-state index contributed by atoms with van der Waals surface area (Å²) in [6, 6.07) is 1.52. The number of hydrogen-bond donors (Lipinski definition) is 0. The molecular weight excluding hydrogens is 321 g/mol. The molecule has 2 saturated heterocycles. The van der Waals surface area contributed by atoms with Crippen LogP contribution < -0.4 is 0 Å². The maximum Gasteiger partial charge on any atom is 0.435 e. The lowest BCUT2D eigenvalue weighted by Gasteiger charge is -2.37. The van der Waals surface area contributed by atoms with Crippen molar-refractivity contribution in [1.29, 1.82) is 0 Å². The first kappa shape index (κ1) is 15.9. The Balaban J connectivity index is 1.48. The van der Waals surface area contributed by atoms with Gasteiger partial charge in [-0.3, -0.25) is 14.4 Å². The topological polar surface area (TPSA) is 41.4 Å². The number of rotatable bonds is 3. The van der Waals surface area contributed by atoms with Crippen LogP contribution in [0.25, 0.3) is 0 Å². The van der Waals surface area contributed by atoms with Crippen LogP contribution in [-0.4, -0.2) is 57.7 Å². The Labute approximate surface area is 138 Å². The Morgan fingerprint density at radius 3 is 2.71 bits per heavy atom. The number of amides is 1. The van der Waals surface area contributed by atoms with Gasteiger partial charge in [-0.1, -0.05) is 0 Å². The van der Waals surface area contributed by atoms with E-state index in [9.17, 15) is 18.0 Å². The third-order valence-electron chi connectivity index (χ3n) is 5.32. The number of fused-ring (bicyclic) bond motifs is 1. The molecule has 0 aromatic carbocycles. The zero-order valence-electron chi connectivity index (χ0n) is 13.4. The number of carbonyl (C=O) groups is 1. The molecule has 8 heteroatoms. The van der Waals surface area contributed by atoms with Crippen LogP contribution in [0.4, 0.5) is 13.2 Å². The van der Waals surface area contributed by atoms with Crippen molar-refractivity contribution in [2.24, 2.45) is 0 Å². The summed E-state index contributed by atoms with van der Waals surface area (Å²) in [7, 11) is 0. The molecule has 132 valence electrons. The van der Waals surface area contributed by atoms with Gasteiger partial charge in [-0.15, -0.1) is 0 Å². The molecule has 1 aromatic rings. The number of nitrogens with zero attached hydrogens (tertiary/aromatic N) is 4. The Morgan fingerprint density at radius 2 is 2.00 bits per heavy atom. The average molecular weight is 342 g/mol. The maximum absolute atomic E-state index is 12.9. The number of hydrogen-bond acceptors (Lipinski definition) is 3. The molecular formula is C16H21F3N4O. The van der Waals surface area contributed by atoms with E-state index in [-0.39, 0.29) is 18.4 Å². The quantitative estimate of drug-likeness (QED) is 0.845. The van der Waals surface area contributed by atoms with Gasteiger partial charge in [0.05, 0.1) is 0 Å². The minimum atomic E-state index is -4.46. The maximum atomic E-state index is 12.9. The summed E-state index contributed by atoms with van der Waals surface area (Å²) in [4.78, 5) is 16.8. The van der Waals surface area contributed by atoms with Crippen LogP contribution in [0, 0.1) is 0 Å². The van der Waals surface area contributed by atoms with Crippen LogP contribution in [0.1, 0.15) is 43.0 Å². The fourth-order valence-electron chi connectivity index (χ4n) is 3.85. The van der Waals surface area contributed by atoms with Gasteiger partial charge in [-0.2, -0.15) is 18.3 Å². The summed E-state index contributed by atoms with van der Waals surface area (Å²) in [5.41, 5.74) is -0.340. The van der Waals surface area contributed by atoms with Crippen LogP contribution >= 0.6 is 0 Å². The van der Waals surface area contributed by atoms with E-state index in [0.29, 0.717) is 24.8 Å². The zero-order valence-corrected chi connectivity index (χ0v) is 13.4. The Hall–Kier alpha value is -1.57. The van der Waals surface area contributed by atoms with Crippen LogP contribution in [-0.2, 0) is 17.5 Å². The average Bonchev–Trinajstić information content (AvgIpc) is 3.09.